The summed E-state index contributed by atoms with van der Waals surface area (Å²) in [6.45, 7) is 9.20. The fourth-order valence-electron chi connectivity index (χ4n) is 2.44. The Morgan fingerprint density at radius 3 is 2.62 bits per heavy atom. The molecular formula is C18H26N4O2. The molecule has 0 amide bonds. The number of aryl methyl sites for hydroxylation is 2. The molecule has 0 radical (unpaired) electrons. The van der Waals surface area contributed by atoms with Crippen molar-refractivity contribution in [3.63, 3.8) is 0 Å². The number of rotatable bonds is 8. The second kappa shape index (κ2) is 8.47. The van der Waals surface area contributed by atoms with Crippen LogP contribution in [0.4, 0.5) is 5.82 Å². The van der Waals surface area contributed by atoms with Gasteiger partial charge in [-0.15, -0.1) is 0 Å². The lowest BCUT2D eigenvalue weighted by Crippen LogP contribution is -2.09. The summed E-state index contributed by atoms with van der Waals surface area (Å²) in [5.74, 6) is 2.93. The largest absolute Gasteiger partial charge is 0.496 e. The summed E-state index contributed by atoms with van der Waals surface area (Å²) in [4.78, 5) is 13.1. The maximum Gasteiger partial charge on any atom is 0.180 e. The quantitative estimate of drug-likeness (QED) is 0.746. The predicted molar refractivity (Wildman–Crippen MR) is 94.8 cm³/mol. The van der Waals surface area contributed by atoms with Crippen molar-refractivity contribution in [2.45, 2.75) is 47.1 Å². The Balaban J connectivity index is 2.14. The van der Waals surface area contributed by atoms with Crippen LogP contribution in [0, 0.1) is 20.8 Å². The first kappa shape index (κ1) is 18.0. The van der Waals surface area contributed by atoms with Gasteiger partial charge < -0.3 is 14.8 Å². The zero-order valence-electron chi connectivity index (χ0n) is 15.1. The first-order valence-electron chi connectivity index (χ1n) is 8.26. The van der Waals surface area contributed by atoms with Gasteiger partial charge in [0.1, 0.15) is 18.2 Å². The van der Waals surface area contributed by atoms with Crippen LogP contribution in [0.25, 0.3) is 0 Å². The second-order valence-electron chi connectivity index (χ2n) is 5.75. The molecule has 0 aliphatic carbocycles. The molecule has 2 aromatic rings. The van der Waals surface area contributed by atoms with E-state index in [1.54, 1.807) is 19.5 Å². The molecule has 0 aliphatic rings. The molecule has 2 aromatic heterocycles. The van der Waals surface area contributed by atoms with Crippen LogP contribution in [0.15, 0.2) is 12.4 Å². The highest BCUT2D eigenvalue weighted by Gasteiger charge is 2.12. The summed E-state index contributed by atoms with van der Waals surface area (Å²) in [6.07, 6.45) is 5.71. The summed E-state index contributed by atoms with van der Waals surface area (Å²) in [5.41, 5.74) is 2.85. The molecule has 0 saturated carbocycles. The third-order valence-electron chi connectivity index (χ3n) is 3.81. The standard InChI is InChI=1S/C18H26N4O2/c1-6-7-8-19-18-16(10-20-14(4)22-18)24-11-15-13(3)17(23-5)12(2)9-21-15/h9-10H,6-8,11H2,1-5H3,(H,19,20,22). The van der Waals surface area contributed by atoms with Crippen LogP contribution in [0.2, 0.25) is 0 Å². The van der Waals surface area contributed by atoms with Crippen molar-refractivity contribution in [2.75, 3.05) is 19.0 Å². The smallest absolute Gasteiger partial charge is 0.180 e. The molecule has 0 atom stereocenters. The molecule has 24 heavy (non-hydrogen) atoms. The number of hydrogen-bond donors (Lipinski definition) is 1. The van der Waals surface area contributed by atoms with Crippen LogP contribution in [0.3, 0.4) is 0 Å². The highest BCUT2D eigenvalue weighted by Crippen LogP contribution is 2.26. The van der Waals surface area contributed by atoms with Crippen molar-refractivity contribution >= 4 is 5.82 Å². The summed E-state index contributed by atoms with van der Waals surface area (Å²) in [5, 5.41) is 3.32. The molecular weight excluding hydrogens is 304 g/mol. The van der Waals surface area contributed by atoms with Gasteiger partial charge >= 0.3 is 0 Å². The van der Waals surface area contributed by atoms with Crippen molar-refractivity contribution in [3.05, 3.63) is 35.0 Å². The van der Waals surface area contributed by atoms with Crippen LogP contribution in [-0.4, -0.2) is 28.6 Å². The zero-order valence-corrected chi connectivity index (χ0v) is 15.1. The van der Waals surface area contributed by atoms with E-state index in [2.05, 4.69) is 27.2 Å². The van der Waals surface area contributed by atoms with E-state index in [4.69, 9.17) is 9.47 Å². The maximum absolute atomic E-state index is 5.92. The van der Waals surface area contributed by atoms with Crippen molar-refractivity contribution in [1.82, 2.24) is 15.0 Å². The van der Waals surface area contributed by atoms with Gasteiger partial charge in [0, 0.05) is 23.9 Å². The first-order valence-corrected chi connectivity index (χ1v) is 8.26. The van der Waals surface area contributed by atoms with Gasteiger partial charge in [0.15, 0.2) is 11.6 Å². The molecule has 0 spiro atoms. The highest BCUT2D eigenvalue weighted by atomic mass is 16.5. The van der Waals surface area contributed by atoms with Crippen LogP contribution in [0.5, 0.6) is 11.5 Å². The Labute approximate surface area is 143 Å². The van der Waals surface area contributed by atoms with Gasteiger partial charge in [-0.05, 0) is 27.2 Å². The number of nitrogens with one attached hydrogen (secondary N) is 1. The first-order chi connectivity index (χ1) is 11.6. The molecule has 0 saturated heterocycles. The Morgan fingerprint density at radius 1 is 1.12 bits per heavy atom. The predicted octanol–water partition coefficient (Wildman–Crippen LogP) is 3.60. The molecule has 0 bridgehead atoms. The van der Waals surface area contributed by atoms with E-state index in [0.29, 0.717) is 18.2 Å². The summed E-state index contributed by atoms with van der Waals surface area (Å²) >= 11 is 0. The monoisotopic (exact) mass is 330 g/mol. The molecule has 6 nitrogen and oxygen atoms in total. The maximum atomic E-state index is 5.92. The number of unbranched alkanes of at least 4 members (excludes halogenated alkanes) is 1. The van der Waals surface area contributed by atoms with E-state index in [9.17, 15) is 0 Å². The lowest BCUT2D eigenvalue weighted by atomic mass is 10.1. The molecule has 0 aromatic carbocycles. The van der Waals surface area contributed by atoms with Gasteiger partial charge in [0.25, 0.3) is 0 Å². The number of hydrogen-bond acceptors (Lipinski definition) is 6. The van der Waals surface area contributed by atoms with Crippen LogP contribution >= 0.6 is 0 Å². The molecule has 6 heteroatoms. The molecule has 0 fully saturated rings. The molecule has 0 unspecified atom stereocenters. The average Bonchev–Trinajstić information content (AvgIpc) is 2.56. The third-order valence-corrected chi connectivity index (χ3v) is 3.81. The summed E-state index contributed by atoms with van der Waals surface area (Å²) in [7, 11) is 1.67. The number of anilines is 1. The van der Waals surface area contributed by atoms with E-state index in [-0.39, 0.29) is 0 Å². The Kier molecular flexibility index (Phi) is 6.35. The zero-order chi connectivity index (χ0) is 17.5. The minimum absolute atomic E-state index is 0.345. The lowest BCUT2D eigenvalue weighted by Gasteiger charge is -2.15. The number of aromatic nitrogens is 3. The van der Waals surface area contributed by atoms with Crippen LogP contribution < -0.4 is 14.8 Å². The van der Waals surface area contributed by atoms with Gasteiger partial charge in [0.05, 0.1) is 19.0 Å². The summed E-state index contributed by atoms with van der Waals surface area (Å²) < 4.78 is 11.4. The molecule has 130 valence electrons. The summed E-state index contributed by atoms with van der Waals surface area (Å²) in [6, 6.07) is 0. The van der Waals surface area contributed by atoms with Gasteiger partial charge in [-0.1, -0.05) is 13.3 Å². The SMILES string of the molecule is CCCCNc1nc(C)ncc1OCc1ncc(C)c(OC)c1C. The number of methoxy groups -OCH3 is 1. The van der Waals surface area contributed by atoms with E-state index in [1.807, 2.05) is 20.8 Å². The highest BCUT2D eigenvalue weighted by molar-refractivity contribution is 5.49. The van der Waals surface area contributed by atoms with E-state index in [1.165, 1.54) is 0 Å². The van der Waals surface area contributed by atoms with Crippen molar-refractivity contribution < 1.29 is 9.47 Å². The van der Waals surface area contributed by atoms with E-state index >= 15 is 0 Å². The van der Waals surface area contributed by atoms with Crippen LogP contribution in [0.1, 0.15) is 42.4 Å². The number of ether oxygens (including phenoxy) is 2. The molecule has 0 aliphatic heterocycles. The van der Waals surface area contributed by atoms with Crippen LogP contribution in [-0.2, 0) is 6.61 Å². The molecule has 1 N–H and O–H groups in total. The Hall–Kier alpha value is -2.37. The van der Waals surface area contributed by atoms with E-state index in [0.717, 1.165) is 47.8 Å². The Morgan fingerprint density at radius 2 is 1.92 bits per heavy atom. The van der Waals surface area contributed by atoms with E-state index < -0.39 is 0 Å². The topological polar surface area (TPSA) is 69.2 Å². The lowest BCUT2D eigenvalue weighted by molar-refractivity contribution is 0.297. The normalized spacial score (nSPS) is 10.5. The second-order valence-corrected chi connectivity index (χ2v) is 5.75. The van der Waals surface area contributed by atoms with Crippen molar-refractivity contribution in [2.24, 2.45) is 0 Å². The number of pyridine rings is 1. The van der Waals surface area contributed by atoms with Crippen molar-refractivity contribution in [1.29, 1.82) is 0 Å². The minimum Gasteiger partial charge on any atom is -0.496 e. The fraction of sp³-hybridized carbons (Fsp3) is 0.500. The fourth-order valence-corrected chi connectivity index (χ4v) is 2.44. The third kappa shape index (κ3) is 4.34. The molecule has 2 rings (SSSR count). The van der Waals surface area contributed by atoms with Gasteiger partial charge in [-0.2, -0.15) is 0 Å². The number of nitrogens with zero attached hydrogens (tertiary/aromatic N) is 3. The average molecular weight is 330 g/mol. The Bertz CT molecular complexity index is 689. The van der Waals surface area contributed by atoms with Gasteiger partial charge in [-0.25, -0.2) is 9.97 Å². The minimum atomic E-state index is 0.345. The molecule has 2 heterocycles. The van der Waals surface area contributed by atoms with Gasteiger partial charge in [0.2, 0.25) is 0 Å². The van der Waals surface area contributed by atoms with Gasteiger partial charge in [-0.3, -0.25) is 4.98 Å². The van der Waals surface area contributed by atoms with Crippen molar-refractivity contribution in [3.8, 4) is 11.5 Å².